The lowest BCUT2D eigenvalue weighted by molar-refractivity contribution is -0.136. The Bertz CT molecular complexity index is 675. The molecule has 0 fully saturated rings. The van der Waals surface area contributed by atoms with E-state index in [4.69, 9.17) is 4.74 Å². The van der Waals surface area contributed by atoms with Crippen molar-refractivity contribution in [2.45, 2.75) is 6.61 Å². The summed E-state index contributed by atoms with van der Waals surface area (Å²) in [5.74, 6) is -0.811. The van der Waals surface area contributed by atoms with Gasteiger partial charge in [0.25, 0.3) is 0 Å². The number of carbonyl (C=O) groups is 1. The Hall–Kier alpha value is -2.76. The molecule has 2 aliphatic heterocycles. The molecular weight excluding hydrogens is 273 g/mol. The van der Waals surface area contributed by atoms with Gasteiger partial charge in [0, 0.05) is 6.20 Å². The molecule has 1 aromatic rings. The van der Waals surface area contributed by atoms with Gasteiger partial charge in [-0.25, -0.2) is 19.2 Å². The molecule has 3 rings (SSSR count). The van der Waals surface area contributed by atoms with Gasteiger partial charge < -0.3 is 9.64 Å². The summed E-state index contributed by atoms with van der Waals surface area (Å²) < 4.78 is 18.0. The Morgan fingerprint density at radius 2 is 2.14 bits per heavy atom. The highest BCUT2D eigenvalue weighted by atomic mass is 19.1. The molecular formula is C15H12FN3O2. The summed E-state index contributed by atoms with van der Waals surface area (Å²) in [5, 5.41) is 0. The Morgan fingerprint density at radius 3 is 2.95 bits per heavy atom. The molecule has 2 aliphatic rings. The molecule has 0 aromatic heterocycles. The van der Waals surface area contributed by atoms with Crippen molar-refractivity contribution in [3.05, 3.63) is 59.8 Å². The standard InChI is InChI=1S/C15H12FN3O2/c16-12-3-1-11(2-4-12)9-21-15(20)14-8-19-10-17-6-5-13(19)7-18-14/h1-7,10H,8-9H2. The van der Waals surface area contributed by atoms with Gasteiger partial charge in [0.05, 0.1) is 24.8 Å². The molecule has 0 saturated carbocycles. The van der Waals surface area contributed by atoms with Crippen molar-refractivity contribution in [2.24, 2.45) is 9.98 Å². The topological polar surface area (TPSA) is 54.3 Å². The third-order valence-corrected chi connectivity index (χ3v) is 3.06. The van der Waals surface area contributed by atoms with Crippen LogP contribution in [0, 0.1) is 5.82 Å². The van der Waals surface area contributed by atoms with Crippen LogP contribution in [0.3, 0.4) is 0 Å². The summed E-state index contributed by atoms with van der Waals surface area (Å²) in [7, 11) is 0. The highest BCUT2D eigenvalue weighted by Crippen LogP contribution is 2.14. The van der Waals surface area contributed by atoms with Crippen LogP contribution in [0.5, 0.6) is 0 Å². The third kappa shape index (κ3) is 3.05. The molecule has 0 spiro atoms. The molecule has 0 bridgehead atoms. The van der Waals surface area contributed by atoms with Gasteiger partial charge in [-0.3, -0.25) is 0 Å². The summed E-state index contributed by atoms with van der Waals surface area (Å²) in [6, 6.07) is 5.80. The minimum Gasteiger partial charge on any atom is -0.456 e. The van der Waals surface area contributed by atoms with E-state index in [1.807, 2.05) is 11.0 Å². The number of hydrogen-bond donors (Lipinski definition) is 0. The summed E-state index contributed by atoms with van der Waals surface area (Å²) in [4.78, 5) is 21.9. The fourth-order valence-corrected chi connectivity index (χ4v) is 1.93. The number of esters is 1. The van der Waals surface area contributed by atoms with Crippen LogP contribution in [0.25, 0.3) is 0 Å². The van der Waals surface area contributed by atoms with Crippen molar-refractivity contribution in [2.75, 3.05) is 6.54 Å². The van der Waals surface area contributed by atoms with Crippen LogP contribution in [-0.2, 0) is 16.1 Å². The number of hydrogen-bond acceptors (Lipinski definition) is 5. The average molecular weight is 285 g/mol. The van der Waals surface area contributed by atoms with Gasteiger partial charge in [-0.15, -0.1) is 0 Å². The molecule has 21 heavy (non-hydrogen) atoms. The van der Waals surface area contributed by atoms with Crippen molar-refractivity contribution >= 4 is 18.0 Å². The molecule has 0 atom stereocenters. The third-order valence-electron chi connectivity index (χ3n) is 3.06. The predicted octanol–water partition coefficient (Wildman–Crippen LogP) is 2.02. The van der Waals surface area contributed by atoms with E-state index < -0.39 is 5.97 Å². The number of aliphatic imine (C=N–C) groups is 2. The lowest BCUT2D eigenvalue weighted by atomic mass is 10.2. The van der Waals surface area contributed by atoms with Crippen molar-refractivity contribution in [1.82, 2.24) is 4.90 Å². The molecule has 0 saturated heterocycles. The van der Waals surface area contributed by atoms with Crippen molar-refractivity contribution in [3.63, 3.8) is 0 Å². The number of benzene rings is 1. The maximum Gasteiger partial charge on any atom is 0.354 e. The summed E-state index contributed by atoms with van der Waals surface area (Å²) in [6.07, 6.45) is 6.70. The number of halogens is 1. The van der Waals surface area contributed by atoms with Gasteiger partial charge in [0.2, 0.25) is 0 Å². The normalized spacial score (nSPS) is 16.1. The van der Waals surface area contributed by atoms with Gasteiger partial charge in [0.15, 0.2) is 0 Å². The Labute approximate surface area is 120 Å². The fourth-order valence-electron chi connectivity index (χ4n) is 1.93. The maximum absolute atomic E-state index is 12.8. The second kappa shape index (κ2) is 5.70. The fraction of sp³-hybridized carbons (Fsp3) is 0.133. The van der Waals surface area contributed by atoms with Gasteiger partial charge >= 0.3 is 5.97 Å². The number of ether oxygens (including phenoxy) is 1. The first-order chi connectivity index (χ1) is 10.2. The Kier molecular flexibility index (Phi) is 3.59. The van der Waals surface area contributed by atoms with E-state index in [9.17, 15) is 9.18 Å². The SMILES string of the molecule is O=C(OCc1ccc(F)cc1)C1=NC=C2C=CN=CN2C1. The van der Waals surface area contributed by atoms with Crippen molar-refractivity contribution < 1.29 is 13.9 Å². The van der Waals surface area contributed by atoms with Crippen LogP contribution in [-0.4, -0.2) is 29.5 Å². The van der Waals surface area contributed by atoms with E-state index in [2.05, 4.69) is 9.98 Å². The first-order valence-electron chi connectivity index (χ1n) is 6.37. The van der Waals surface area contributed by atoms with Crippen LogP contribution in [0.1, 0.15) is 5.56 Å². The van der Waals surface area contributed by atoms with E-state index in [-0.39, 0.29) is 12.4 Å². The van der Waals surface area contributed by atoms with Crippen LogP contribution in [0.15, 0.2) is 58.4 Å². The van der Waals surface area contributed by atoms with Gasteiger partial charge in [-0.1, -0.05) is 12.1 Å². The van der Waals surface area contributed by atoms with Crippen molar-refractivity contribution in [1.29, 1.82) is 0 Å². The molecule has 0 unspecified atom stereocenters. The van der Waals surface area contributed by atoms with E-state index in [1.165, 1.54) is 12.1 Å². The lowest BCUT2D eigenvalue weighted by Gasteiger charge is -2.25. The molecule has 6 heteroatoms. The molecule has 5 nitrogen and oxygen atoms in total. The van der Waals surface area contributed by atoms with Gasteiger partial charge in [-0.05, 0) is 23.8 Å². The Balaban J connectivity index is 1.62. The van der Waals surface area contributed by atoms with E-state index >= 15 is 0 Å². The quantitative estimate of drug-likeness (QED) is 0.798. The second-order valence-corrected chi connectivity index (χ2v) is 4.54. The predicted molar refractivity (Wildman–Crippen MR) is 76.1 cm³/mol. The lowest BCUT2D eigenvalue weighted by Crippen LogP contribution is -2.35. The zero-order chi connectivity index (χ0) is 14.7. The minimum absolute atomic E-state index is 0.0860. The van der Waals surface area contributed by atoms with E-state index in [0.29, 0.717) is 12.3 Å². The number of carbonyl (C=O) groups excluding carboxylic acids is 1. The van der Waals surface area contributed by atoms with E-state index in [1.54, 1.807) is 30.9 Å². The van der Waals surface area contributed by atoms with Crippen LogP contribution in [0.2, 0.25) is 0 Å². The molecule has 0 N–H and O–H groups in total. The molecule has 2 heterocycles. The first-order valence-corrected chi connectivity index (χ1v) is 6.37. The monoisotopic (exact) mass is 285 g/mol. The Morgan fingerprint density at radius 1 is 1.33 bits per heavy atom. The smallest absolute Gasteiger partial charge is 0.354 e. The minimum atomic E-state index is -0.488. The summed E-state index contributed by atoms with van der Waals surface area (Å²) >= 11 is 0. The molecule has 106 valence electrons. The number of fused-ring (bicyclic) bond motifs is 1. The summed E-state index contributed by atoms with van der Waals surface area (Å²) in [5.41, 5.74) is 1.91. The molecule has 0 aliphatic carbocycles. The molecule has 1 aromatic carbocycles. The highest BCUT2D eigenvalue weighted by Gasteiger charge is 2.21. The van der Waals surface area contributed by atoms with Crippen LogP contribution < -0.4 is 0 Å². The largest absolute Gasteiger partial charge is 0.456 e. The zero-order valence-corrected chi connectivity index (χ0v) is 11.1. The highest BCUT2D eigenvalue weighted by molar-refractivity contribution is 6.38. The first kappa shape index (κ1) is 13.2. The zero-order valence-electron chi connectivity index (χ0n) is 11.1. The van der Waals surface area contributed by atoms with Gasteiger partial charge in [0.1, 0.15) is 18.1 Å². The van der Waals surface area contributed by atoms with Crippen molar-refractivity contribution in [3.8, 4) is 0 Å². The van der Waals surface area contributed by atoms with Crippen LogP contribution in [0.4, 0.5) is 4.39 Å². The number of allylic oxidation sites excluding steroid dienone is 1. The second-order valence-electron chi connectivity index (χ2n) is 4.54. The van der Waals surface area contributed by atoms with Gasteiger partial charge in [-0.2, -0.15) is 0 Å². The number of rotatable bonds is 3. The average Bonchev–Trinajstić information content (AvgIpc) is 2.53. The number of nitrogens with zero attached hydrogens (tertiary/aromatic N) is 3. The summed E-state index contributed by atoms with van der Waals surface area (Å²) in [6.45, 7) is 0.407. The van der Waals surface area contributed by atoms with E-state index in [0.717, 1.165) is 11.3 Å². The molecule has 0 radical (unpaired) electrons. The molecule has 0 amide bonds. The van der Waals surface area contributed by atoms with Crippen LogP contribution >= 0.6 is 0 Å². The maximum atomic E-state index is 12.8.